The molecule has 1 amide bonds. The van der Waals surface area contributed by atoms with Gasteiger partial charge in [-0.1, -0.05) is 19.9 Å². The topological polar surface area (TPSA) is 20.3 Å². The highest BCUT2D eigenvalue weighted by Crippen LogP contribution is 2.24. The Morgan fingerprint density at radius 3 is 2.33 bits per heavy atom. The van der Waals surface area contributed by atoms with Crippen LogP contribution in [0.3, 0.4) is 0 Å². The van der Waals surface area contributed by atoms with E-state index in [-0.39, 0.29) is 11.3 Å². The molecule has 0 saturated carbocycles. The van der Waals surface area contributed by atoms with Crippen molar-refractivity contribution in [1.82, 2.24) is 4.90 Å². The quantitative estimate of drug-likeness (QED) is 0.590. The van der Waals surface area contributed by atoms with Crippen molar-refractivity contribution in [2.45, 2.75) is 26.7 Å². The molecule has 0 aliphatic rings. The molecule has 0 atom stereocenters. The summed E-state index contributed by atoms with van der Waals surface area (Å²) in [6, 6.07) is 0. The van der Waals surface area contributed by atoms with Gasteiger partial charge in [0.25, 0.3) is 0 Å². The third-order valence-corrected chi connectivity index (χ3v) is 1.96. The molecule has 0 fully saturated rings. The summed E-state index contributed by atoms with van der Waals surface area (Å²) in [4.78, 5) is 13.2. The number of nitrogens with zero attached hydrogens (tertiary/aromatic N) is 1. The van der Waals surface area contributed by atoms with Gasteiger partial charge in [0.1, 0.15) is 0 Å². The number of hydrogen-bond donors (Lipinski definition) is 0. The Kier molecular flexibility index (Phi) is 4.01. The van der Waals surface area contributed by atoms with E-state index in [9.17, 15) is 4.79 Å². The van der Waals surface area contributed by atoms with Gasteiger partial charge < -0.3 is 4.90 Å². The van der Waals surface area contributed by atoms with E-state index in [4.69, 9.17) is 0 Å². The van der Waals surface area contributed by atoms with Crippen LogP contribution in [0, 0.1) is 5.41 Å². The first kappa shape index (κ1) is 11.2. The van der Waals surface area contributed by atoms with Gasteiger partial charge in [-0.3, -0.25) is 4.79 Å². The van der Waals surface area contributed by atoms with Crippen LogP contribution >= 0.6 is 0 Å². The molecule has 2 heteroatoms. The first-order chi connectivity index (χ1) is 5.41. The highest BCUT2D eigenvalue weighted by molar-refractivity contribution is 5.81. The lowest BCUT2D eigenvalue weighted by Crippen LogP contribution is -2.35. The lowest BCUT2D eigenvalue weighted by Gasteiger charge is -2.26. The number of carbonyl (C=O) groups is 1. The third-order valence-electron chi connectivity index (χ3n) is 1.96. The molecule has 0 aliphatic heterocycles. The smallest absolute Gasteiger partial charge is 0.227 e. The van der Waals surface area contributed by atoms with E-state index in [1.54, 1.807) is 19.0 Å². The Morgan fingerprint density at radius 1 is 1.50 bits per heavy atom. The van der Waals surface area contributed by atoms with Gasteiger partial charge in [-0.15, -0.1) is 6.58 Å². The number of hydrogen-bond acceptors (Lipinski definition) is 1. The van der Waals surface area contributed by atoms with Gasteiger partial charge in [-0.25, -0.2) is 0 Å². The van der Waals surface area contributed by atoms with Crippen LogP contribution < -0.4 is 0 Å². The van der Waals surface area contributed by atoms with E-state index in [1.807, 2.05) is 19.9 Å². The minimum absolute atomic E-state index is 0.185. The van der Waals surface area contributed by atoms with Crippen LogP contribution in [0.2, 0.25) is 0 Å². The molecule has 0 bridgehead atoms. The average molecular weight is 169 g/mol. The van der Waals surface area contributed by atoms with Gasteiger partial charge >= 0.3 is 0 Å². The maximum absolute atomic E-state index is 11.6. The maximum atomic E-state index is 11.6. The van der Waals surface area contributed by atoms with Crippen molar-refractivity contribution in [3.63, 3.8) is 0 Å². The minimum atomic E-state index is -0.252. The molecule has 0 spiro atoms. The zero-order valence-electron chi connectivity index (χ0n) is 8.55. The first-order valence-electron chi connectivity index (χ1n) is 4.24. The summed E-state index contributed by atoms with van der Waals surface area (Å²) in [6.45, 7) is 7.59. The molecule has 2 nitrogen and oxygen atoms in total. The molecule has 0 radical (unpaired) electrons. The fourth-order valence-electron chi connectivity index (χ4n) is 1.18. The summed E-state index contributed by atoms with van der Waals surface area (Å²) in [5, 5.41) is 0. The van der Waals surface area contributed by atoms with Gasteiger partial charge in [0.05, 0.1) is 0 Å². The van der Waals surface area contributed by atoms with Crippen LogP contribution in [0.1, 0.15) is 26.7 Å². The van der Waals surface area contributed by atoms with Gasteiger partial charge in [0.2, 0.25) is 5.91 Å². The van der Waals surface area contributed by atoms with Crippen LogP contribution in [-0.2, 0) is 4.79 Å². The second-order valence-corrected chi connectivity index (χ2v) is 3.91. The summed E-state index contributed by atoms with van der Waals surface area (Å²) in [7, 11) is 3.58. The Bertz CT molecular complexity index is 171. The predicted molar refractivity (Wildman–Crippen MR) is 51.9 cm³/mol. The SMILES string of the molecule is C=CCCC(C)(C)C(=O)N(C)C. The lowest BCUT2D eigenvalue weighted by atomic mass is 9.86. The zero-order valence-corrected chi connectivity index (χ0v) is 8.55. The van der Waals surface area contributed by atoms with E-state index in [0.29, 0.717) is 0 Å². The number of rotatable bonds is 4. The molecule has 0 aromatic heterocycles. The van der Waals surface area contributed by atoms with Gasteiger partial charge in [-0.2, -0.15) is 0 Å². The van der Waals surface area contributed by atoms with Crippen molar-refractivity contribution in [2.24, 2.45) is 5.41 Å². The molecule has 0 aromatic carbocycles. The molecule has 0 unspecified atom stereocenters. The number of allylic oxidation sites excluding steroid dienone is 1. The average Bonchev–Trinajstić information content (AvgIpc) is 1.99. The van der Waals surface area contributed by atoms with Crippen LogP contribution in [0.5, 0.6) is 0 Å². The maximum Gasteiger partial charge on any atom is 0.227 e. The Morgan fingerprint density at radius 2 is 2.00 bits per heavy atom. The molecule has 0 aliphatic carbocycles. The van der Waals surface area contributed by atoms with E-state index < -0.39 is 0 Å². The van der Waals surface area contributed by atoms with Crippen LogP contribution in [-0.4, -0.2) is 24.9 Å². The van der Waals surface area contributed by atoms with Crippen LogP contribution in [0.25, 0.3) is 0 Å². The predicted octanol–water partition coefficient (Wildman–Crippen LogP) is 2.07. The van der Waals surface area contributed by atoms with Crippen molar-refractivity contribution < 1.29 is 4.79 Å². The molecule has 70 valence electrons. The molecule has 0 aromatic rings. The van der Waals surface area contributed by atoms with Crippen LogP contribution in [0.15, 0.2) is 12.7 Å². The van der Waals surface area contributed by atoms with Crippen molar-refractivity contribution in [3.05, 3.63) is 12.7 Å². The normalized spacial score (nSPS) is 11.0. The monoisotopic (exact) mass is 169 g/mol. The summed E-state index contributed by atoms with van der Waals surface area (Å²) < 4.78 is 0. The lowest BCUT2D eigenvalue weighted by molar-refractivity contribution is -0.137. The second kappa shape index (κ2) is 4.29. The first-order valence-corrected chi connectivity index (χ1v) is 4.24. The molecule has 0 saturated heterocycles. The van der Waals surface area contributed by atoms with Crippen molar-refractivity contribution in [1.29, 1.82) is 0 Å². The Balaban J connectivity index is 4.18. The third kappa shape index (κ3) is 3.07. The Labute approximate surface area is 75.3 Å². The standard InChI is InChI=1S/C10H19NO/c1-6-7-8-10(2,3)9(12)11(4)5/h6H,1,7-8H2,2-5H3. The van der Waals surface area contributed by atoms with Gasteiger partial charge in [0, 0.05) is 19.5 Å². The largest absolute Gasteiger partial charge is 0.348 e. The fourth-order valence-corrected chi connectivity index (χ4v) is 1.18. The van der Waals surface area contributed by atoms with E-state index >= 15 is 0 Å². The fraction of sp³-hybridized carbons (Fsp3) is 0.700. The van der Waals surface area contributed by atoms with E-state index in [0.717, 1.165) is 12.8 Å². The zero-order chi connectivity index (χ0) is 9.78. The van der Waals surface area contributed by atoms with Gasteiger partial charge in [0.15, 0.2) is 0 Å². The molecular weight excluding hydrogens is 150 g/mol. The molecule has 12 heavy (non-hydrogen) atoms. The summed E-state index contributed by atoms with van der Waals surface area (Å²) >= 11 is 0. The van der Waals surface area contributed by atoms with Crippen molar-refractivity contribution in [3.8, 4) is 0 Å². The second-order valence-electron chi connectivity index (χ2n) is 3.91. The van der Waals surface area contributed by atoms with Gasteiger partial charge in [-0.05, 0) is 12.8 Å². The Hall–Kier alpha value is -0.790. The van der Waals surface area contributed by atoms with E-state index in [2.05, 4.69) is 6.58 Å². The molecule has 0 heterocycles. The minimum Gasteiger partial charge on any atom is -0.348 e. The number of carbonyl (C=O) groups excluding carboxylic acids is 1. The highest BCUT2D eigenvalue weighted by Gasteiger charge is 2.27. The molecule has 0 N–H and O–H groups in total. The van der Waals surface area contributed by atoms with E-state index in [1.165, 1.54) is 0 Å². The van der Waals surface area contributed by atoms with Crippen molar-refractivity contribution in [2.75, 3.05) is 14.1 Å². The molecule has 0 rings (SSSR count). The van der Waals surface area contributed by atoms with Crippen molar-refractivity contribution >= 4 is 5.91 Å². The molecular formula is C10H19NO. The number of amides is 1. The van der Waals surface area contributed by atoms with Crippen LogP contribution in [0.4, 0.5) is 0 Å². The summed E-state index contributed by atoms with van der Waals surface area (Å²) in [5.41, 5.74) is -0.252. The highest BCUT2D eigenvalue weighted by atomic mass is 16.2. The summed E-state index contributed by atoms with van der Waals surface area (Å²) in [6.07, 6.45) is 3.62. The summed E-state index contributed by atoms with van der Waals surface area (Å²) in [5.74, 6) is 0.185.